The minimum absolute atomic E-state index is 0.498. The molecule has 5 heteroatoms. The summed E-state index contributed by atoms with van der Waals surface area (Å²) >= 11 is 5.88. The van der Waals surface area contributed by atoms with Crippen molar-refractivity contribution in [2.45, 2.75) is 20.5 Å². The fourth-order valence-corrected chi connectivity index (χ4v) is 2.75. The lowest BCUT2D eigenvalue weighted by Crippen LogP contribution is -2.01. The summed E-state index contributed by atoms with van der Waals surface area (Å²) in [6.45, 7) is 5.09. The van der Waals surface area contributed by atoms with Crippen molar-refractivity contribution in [2.24, 2.45) is 5.10 Å². The van der Waals surface area contributed by atoms with Crippen molar-refractivity contribution in [3.63, 3.8) is 0 Å². The maximum absolute atomic E-state index is 6.00. The molecule has 0 atom stereocenters. The first-order chi connectivity index (χ1) is 13.7. The quantitative estimate of drug-likeness (QED) is 0.372. The van der Waals surface area contributed by atoms with Gasteiger partial charge in [0, 0.05) is 5.02 Å². The van der Waals surface area contributed by atoms with Crippen molar-refractivity contribution in [2.75, 3.05) is 12.0 Å². The Balaban J connectivity index is 1.68. The molecule has 0 aliphatic rings. The molecule has 3 aromatic carbocycles. The van der Waals surface area contributed by atoms with Gasteiger partial charge >= 0.3 is 0 Å². The maximum atomic E-state index is 6.00. The second kappa shape index (κ2) is 9.81. The standard InChI is InChI=1S/C23H23ClN2O2/c1-3-27-23-14-18(15-25-26-21-11-9-20(24)10-12-21)8-13-22(23)28-16-19-7-5-4-6-17(19)2/h4-15,26H,3,16H2,1-2H3. The Kier molecular flexibility index (Phi) is 6.93. The van der Waals surface area contributed by atoms with Gasteiger partial charge in [0.15, 0.2) is 11.5 Å². The Morgan fingerprint density at radius 1 is 0.964 bits per heavy atom. The summed E-state index contributed by atoms with van der Waals surface area (Å²) in [5, 5.41) is 4.95. The van der Waals surface area contributed by atoms with Crippen LogP contribution in [0.15, 0.2) is 71.8 Å². The Morgan fingerprint density at radius 3 is 2.50 bits per heavy atom. The van der Waals surface area contributed by atoms with Gasteiger partial charge in [0.25, 0.3) is 0 Å². The molecule has 0 unspecified atom stereocenters. The first-order valence-electron chi connectivity index (χ1n) is 9.14. The van der Waals surface area contributed by atoms with Gasteiger partial charge in [0.2, 0.25) is 0 Å². The lowest BCUT2D eigenvalue weighted by atomic mass is 10.1. The molecule has 144 valence electrons. The van der Waals surface area contributed by atoms with Crippen LogP contribution < -0.4 is 14.9 Å². The zero-order valence-electron chi connectivity index (χ0n) is 16.0. The molecule has 28 heavy (non-hydrogen) atoms. The number of hydrogen-bond acceptors (Lipinski definition) is 4. The number of nitrogens with zero attached hydrogens (tertiary/aromatic N) is 1. The van der Waals surface area contributed by atoms with E-state index in [1.165, 1.54) is 5.56 Å². The van der Waals surface area contributed by atoms with E-state index in [1.807, 2.05) is 61.5 Å². The third kappa shape index (κ3) is 5.51. The summed E-state index contributed by atoms with van der Waals surface area (Å²) in [4.78, 5) is 0. The number of hydrazone groups is 1. The Labute approximate surface area is 170 Å². The number of anilines is 1. The van der Waals surface area contributed by atoms with E-state index in [4.69, 9.17) is 21.1 Å². The monoisotopic (exact) mass is 394 g/mol. The van der Waals surface area contributed by atoms with Crippen LogP contribution in [0.3, 0.4) is 0 Å². The van der Waals surface area contributed by atoms with Gasteiger partial charge in [0.05, 0.1) is 18.5 Å². The number of aryl methyl sites for hydroxylation is 1. The number of hydrogen-bond donors (Lipinski definition) is 1. The number of ether oxygens (including phenoxy) is 2. The second-order valence-corrected chi connectivity index (χ2v) is 6.67. The van der Waals surface area contributed by atoms with E-state index in [2.05, 4.69) is 29.6 Å². The number of benzene rings is 3. The minimum Gasteiger partial charge on any atom is -0.490 e. The molecule has 4 nitrogen and oxygen atoms in total. The largest absolute Gasteiger partial charge is 0.490 e. The molecular weight excluding hydrogens is 372 g/mol. The molecule has 3 aromatic rings. The molecule has 0 amide bonds. The summed E-state index contributed by atoms with van der Waals surface area (Å²) in [6.07, 6.45) is 1.74. The van der Waals surface area contributed by atoms with Gasteiger partial charge in [-0.1, -0.05) is 35.9 Å². The van der Waals surface area contributed by atoms with Crippen LogP contribution in [0, 0.1) is 6.92 Å². The SMILES string of the molecule is CCOc1cc(C=NNc2ccc(Cl)cc2)ccc1OCc1ccccc1C. The summed E-state index contributed by atoms with van der Waals surface area (Å²) < 4.78 is 11.8. The minimum atomic E-state index is 0.498. The molecule has 0 fully saturated rings. The molecule has 0 heterocycles. The van der Waals surface area contributed by atoms with E-state index in [0.29, 0.717) is 29.7 Å². The van der Waals surface area contributed by atoms with E-state index in [0.717, 1.165) is 16.8 Å². The van der Waals surface area contributed by atoms with Gasteiger partial charge in [-0.05, 0) is 73.0 Å². The average molecular weight is 395 g/mol. The summed E-state index contributed by atoms with van der Waals surface area (Å²) in [5.41, 5.74) is 7.11. The van der Waals surface area contributed by atoms with Crippen LogP contribution in [0.5, 0.6) is 11.5 Å². The molecule has 0 bridgehead atoms. The summed E-state index contributed by atoms with van der Waals surface area (Å²) in [5.74, 6) is 1.42. The lowest BCUT2D eigenvalue weighted by molar-refractivity contribution is 0.269. The van der Waals surface area contributed by atoms with Crippen molar-refractivity contribution in [1.82, 2.24) is 0 Å². The fraction of sp³-hybridized carbons (Fsp3) is 0.174. The maximum Gasteiger partial charge on any atom is 0.161 e. The number of rotatable bonds is 8. The van der Waals surface area contributed by atoms with Gasteiger partial charge in [-0.15, -0.1) is 0 Å². The van der Waals surface area contributed by atoms with Gasteiger partial charge in [-0.3, -0.25) is 5.43 Å². The van der Waals surface area contributed by atoms with Crippen molar-refractivity contribution >= 4 is 23.5 Å². The highest BCUT2D eigenvalue weighted by Crippen LogP contribution is 2.29. The smallest absolute Gasteiger partial charge is 0.161 e. The van der Waals surface area contributed by atoms with E-state index in [9.17, 15) is 0 Å². The highest BCUT2D eigenvalue weighted by atomic mass is 35.5. The van der Waals surface area contributed by atoms with Crippen LogP contribution in [-0.2, 0) is 6.61 Å². The third-order valence-corrected chi connectivity index (χ3v) is 4.42. The average Bonchev–Trinajstić information content (AvgIpc) is 2.70. The highest BCUT2D eigenvalue weighted by Gasteiger charge is 2.07. The molecule has 0 spiro atoms. The van der Waals surface area contributed by atoms with Crippen LogP contribution in [0.2, 0.25) is 5.02 Å². The predicted molar refractivity (Wildman–Crippen MR) is 116 cm³/mol. The molecule has 3 rings (SSSR count). The van der Waals surface area contributed by atoms with Gasteiger partial charge < -0.3 is 9.47 Å². The van der Waals surface area contributed by atoms with Crippen LogP contribution in [0.4, 0.5) is 5.69 Å². The Morgan fingerprint density at radius 2 is 1.75 bits per heavy atom. The van der Waals surface area contributed by atoms with Crippen LogP contribution in [-0.4, -0.2) is 12.8 Å². The third-order valence-electron chi connectivity index (χ3n) is 4.16. The molecule has 1 N–H and O–H groups in total. The molecule has 0 saturated carbocycles. The van der Waals surface area contributed by atoms with E-state index in [1.54, 1.807) is 6.21 Å². The van der Waals surface area contributed by atoms with Crippen LogP contribution >= 0.6 is 11.6 Å². The van der Waals surface area contributed by atoms with E-state index < -0.39 is 0 Å². The molecule has 0 saturated heterocycles. The van der Waals surface area contributed by atoms with Crippen molar-refractivity contribution in [3.05, 3.63) is 88.4 Å². The number of halogens is 1. The van der Waals surface area contributed by atoms with Crippen molar-refractivity contribution < 1.29 is 9.47 Å². The van der Waals surface area contributed by atoms with Crippen molar-refractivity contribution in [3.8, 4) is 11.5 Å². The topological polar surface area (TPSA) is 42.8 Å². The van der Waals surface area contributed by atoms with Crippen LogP contribution in [0.1, 0.15) is 23.6 Å². The zero-order chi connectivity index (χ0) is 19.8. The van der Waals surface area contributed by atoms with Gasteiger partial charge in [-0.2, -0.15) is 5.10 Å². The van der Waals surface area contributed by atoms with Crippen molar-refractivity contribution in [1.29, 1.82) is 0 Å². The highest BCUT2D eigenvalue weighted by molar-refractivity contribution is 6.30. The Bertz CT molecular complexity index is 940. The lowest BCUT2D eigenvalue weighted by Gasteiger charge is -2.13. The summed E-state index contributed by atoms with van der Waals surface area (Å²) in [7, 11) is 0. The van der Waals surface area contributed by atoms with E-state index >= 15 is 0 Å². The molecule has 0 aliphatic heterocycles. The fourth-order valence-electron chi connectivity index (χ4n) is 2.63. The Hall–Kier alpha value is -2.98. The molecular formula is C23H23ClN2O2. The molecule has 0 aliphatic carbocycles. The molecule has 0 radical (unpaired) electrons. The van der Waals surface area contributed by atoms with E-state index in [-0.39, 0.29) is 0 Å². The summed E-state index contributed by atoms with van der Waals surface area (Å²) in [6, 6.07) is 21.3. The van der Waals surface area contributed by atoms with Gasteiger partial charge in [-0.25, -0.2) is 0 Å². The second-order valence-electron chi connectivity index (χ2n) is 6.23. The zero-order valence-corrected chi connectivity index (χ0v) is 16.7. The normalized spacial score (nSPS) is 10.8. The molecule has 0 aromatic heterocycles. The van der Waals surface area contributed by atoms with Crippen LogP contribution in [0.25, 0.3) is 0 Å². The predicted octanol–water partition coefficient (Wildman–Crippen LogP) is 6.07. The van der Waals surface area contributed by atoms with Gasteiger partial charge in [0.1, 0.15) is 6.61 Å². The number of nitrogens with one attached hydrogen (secondary N) is 1. The first-order valence-corrected chi connectivity index (χ1v) is 9.52. The first kappa shape index (κ1) is 19.8.